The molecule has 5 heteroatoms. The van der Waals surface area contributed by atoms with E-state index in [0.717, 1.165) is 33.7 Å². The predicted molar refractivity (Wildman–Crippen MR) is 127 cm³/mol. The third-order valence-electron chi connectivity index (χ3n) is 5.29. The molecular formula is C26H24N2O2S. The number of carbonyl (C=O) groups is 2. The summed E-state index contributed by atoms with van der Waals surface area (Å²) in [6.07, 6.45) is 0.898. The van der Waals surface area contributed by atoms with Crippen molar-refractivity contribution in [2.45, 2.75) is 32.1 Å². The first-order valence-corrected chi connectivity index (χ1v) is 11.1. The first-order chi connectivity index (χ1) is 15.0. The molecule has 0 saturated heterocycles. The Morgan fingerprint density at radius 2 is 1.52 bits per heavy atom. The zero-order valence-electron chi connectivity index (χ0n) is 17.8. The summed E-state index contributed by atoms with van der Waals surface area (Å²) in [6, 6.07) is 23.2. The topological polar surface area (TPSA) is 49.4 Å². The molecule has 31 heavy (non-hydrogen) atoms. The average Bonchev–Trinajstić information content (AvgIpc) is 3.01. The number of carbonyl (C=O) groups excluding carboxylic acids is 2. The van der Waals surface area contributed by atoms with Gasteiger partial charge in [-0.15, -0.1) is 0 Å². The normalized spacial score (nSPS) is 13.8. The summed E-state index contributed by atoms with van der Waals surface area (Å²) in [5, 5.41) is 3.24. The number of amides is 2. The zero-order chi connectivity index (χ0) is 22.0. The molecule has 0 fully saturated rings. The van der Waals surface area contributed by atoms with E-state index in [4.69, 9.17) is 0 Å². The van der Waals surface area contributed by atoms with Gasteiger partial charge in [0.2, 0.25) is 0 Å². The summed E-state index contributed by atoms with van der Waals surface area (Å²) in [6.45, 7) is 6.06. The van der Waals surface area contributed by atoms with Gasteiger partial charge < -0.3 is 5.32 Å². The Morgan fingerprint density at radius 3 is 2.16 bits per heavy atom. The standard InChI is InChI=1S/C26H24N2O2S/c1-4-19-11-13-20(14-12-19)28-25(29)23(27-22-8-6-5-7-18(22)3)24(26(28)30)31-21-15-9-17(2)10-16-21/h5-16,27H,4H2,1-3H3. The molecule has 2 amide bonds. The van der Waals surface area contributed by atoms with Crippen LogP contribution in [0.5, 0.6) is 0 Å². The maximum Gasteiger partial charge on any atom is 0.283 e. The fourth-order valence-corrected chi connectivity index (χ4v) is 4.33. The number of rotatable bonds is 6. The summed E-state index contributed by atoms with van der Waals surface area (Å²) in [7, 11) is 0. The van der Waals surface area contributed by atoms with E-state index in [9.17, 15) is 9.59 Å². The van der Waals surface area contributed by atoms with Crippen LogP contribution in [-0.4, -0.2) is 11.8 Å². The molecule has 0 unspecified atom stereocenters. The highest BCUT2D eigenvalue weighted by Gasteiger charge is 2.40. The number of nitrogens with zero attached hydrogens (tertiary/aromatic N) is 1. The first kappa shape index (κ1) is 20.9. The van der Waals surface area contributed by atoms with Gasteiger partial charge in [0.25, 0.3) is 11.8 Å². The maximum absolute atomic E-state index is 13.4. The van der Waals surface area contributed by atoms with Crippen LogP contribution in [0.3, 0.4) is 0 Å². The molecule has 0 radical (unpaired) electrons. The smallest absolute Gasteiger partial charge is 0.283 e. The third kappa shape index (κ3) is 4.28. The quantitative estimate of drug-likeness (QED) is 0.500. The molecule has 0 bridgehead atoms. The summed E-state index contributed by atoms with van der Waals surface area (Å²) in [5.74, 6) is -0.650. The Morgan fingerprint density at radius 1 is 0.839 bits per heavy atom. The number of nitrogens with one attached hydrogen (secondary N) is 1. The Bertz CT molecular complexity index is 1160. The molecule has 3 aromatic carbocycles. The summed E-state index contributed by atoms with van der Waals surface area (Å²) in [4.78, 5) is 29.4. The highest BCUT2D eigenvalue weighted by molar-refractivity contribution is 8.04. The van der Waals surface area contributed by atoms with Gasteiger partial charge in [-0.25, -0.2) is 4.90 Å². The number of hydrogen-bond acceptors (Lipinski definition) is 4. The molecule has 0 saturated carbocycles. The van der Waals surface area contributed by atoms with Gasteiger partial charge in [0.05, 0.1) is 5.69 Å². The number of thioether (sulfide) groups is 1. The summed E-state index contributed by atoms with van der Waals surface area (Å²) < 4.78 is 0. The van der Waals surface area contributed by atoms with Crippen molar-refractivity contribution in [3.8, 4) is 0 Å². The van der Waals surface area contributed by atoms with Crippen LogP contribution in [0, 0.1) is 13.8 Å². The minimum Gasteiger partial charge on any atom is -0.350 e. The van der Waals surface area contributed by atoms with Gasteiger partial charge in [-0.2, -0.15) is 0 Å². The van der Waals surface area contributed by atoms with Crippen LogP contribution >= 0.6 is 11.8 Å². The molecule has 0 aliphatic carbocycles. The molecule has 1 aliphatic heterocycles. The first-order valence-electron chi connectivity index (χ1n) is 10.3. The van der Waals surface area contributed by atoms with Gasteiger partial charge in [-0.05, 0) is 61.7 Å². The fourth-order valence-electron chi connectivity index (χ4n) is 3.40. The highest BCUT2D eigenvalue weighted by atomic mass is 32.2. The second-order valence-electron chi connectivity index (χ2n) is 7.52. The van der Waals surface area contributed by atoms with E-state index in [0.29, 0.717) is 16.3 Å². The monoisotopic (exact) mass is 428 g/mol. The van der Waals surface area contributed by atoms with Crippen LogP contribution in [0.1, 0.15) is 23.6 Å². The van der Waals surface area contributed by atoms with Crippen LogP contribution in [0.25, 0.3) is 0 Å². The number of aryl methyl sites for hydroxylation is 3. The van der Waals surface area contributed by atoms with E-state index >= 15 is 0 Å². The van der Waals surface area contributed by atoms with Crippen LogP contribution < -0.4 is 10.2 Å². The lowest BCUT2D eigenvalue weighted by molar-refractivity contribution is -0.120. The van der Waals surface area contributed by atoms with Gasteiger partial charge in [-0.1, -0.05) is 66.7 Å². The number of hydrogen-bond donors (Lipinski definition) is 1. The van der Waals surface area contributed by atoms with Crippen molar-refractivity contribution in [3.05, 3.63) is 100 Å². The van der Waals surface area contributed by atoms with Crippen molar-refractivity contribution >= 4 is 35.0 Å². The number of para-hydroxylation sites is 1. The summed E-state index contributed by atoms with van der Waals surface area (Å²) >= 11 is 1.32. The average molecular weight is 429 g/mol. The molecule has 3 aromatic rings. The largest absolute Gasteiger partial charge is 0.350 e. The molecule has 156 valence electrons. The Balaban J connectivity index is 1.74. The van der Waals surface area contributed by atoms with Crippen molar-refractivity contribution in [2.24, 2.45) is 0 Å². The van der Waals surface area contributed by atoms with Crippen molar-refractivity contribution < 1.29 is 9.59 Å². The van der Waals surface area contributed by atoms with Crippen LogP contribution in [0.4, 0.5) is 11.4 Å². The second-order valence-corrected chi connectivity index (χ2v) is 8.61. The zero-order valence-corrected chi connectivity index (χ0v) is 18.6. The van der Waals surface area contributed by atoms with E-state index in [1.165, 1.54) is 16.7 Å². The fraction of sp³-hybridized carbons (Fsp3) is 0.154. The molecular weight excluding hydrogens is 404 g/mol. The van der Waals surface area contributed by atoms with Crippen molar-refractivity contribution in [1.82, 2.24) is 0 Å². The van der Waals surface area contributed by atoms with E-state index in [1.54, 1.807) is 0 Å². The highest BCUT2D eigenvalue weighted by Crippen LogP contribution is 2.38. The Hall–Kier alpha value is -3.31. The molecule has 0 atom stereocenters. The van der Waals surface area contributed by atoms with Crippen LogP contribution in [-0.2, 0) is 16.0 Å². The lowest BCUT2D eigenvalue weighted by Gasteiger charge is -2.16. The van der Waals surface area contributed by atoms with E-state index in [1.807, 2.05) is 86.6 Å². The molecule has 1 heterocycles. The lowest BCUT2D eigenvalue weighted by Crippen LogP contribution is -2.32. The molecule has 0 spiro atoms. The molecule has 4 rings (SSSR count). The van der Waals surface area contributed by atoms with E-state index < -0.39 is 0 Å². The predicted octanol–water partition coefficient (Wildman–Crippen LogP) is 5.86. The van der Waals surface area contributed by atoms with E-state index in [2.05, 4.69) is 12.2 Å². The molecule has 0 aromatic heterocycles. The van der Waals surface area contributed by atoms with Crippen molar-refractivity contribution in [2.75, 3.05) is 10.2 Å². The van der Waals surface area contributed by atoms with Gasteiger partial charge in [0.1, 0.15) is 10.6 Å². The van der Waals surface area contributed by atoms with E-state index in [-0.39, 0.29) is 11.8 Å². The van der Waals surface area contributed by atoms with Gasteiger partial charge >= 0.3 is 0 Å². The Kier molecular flexibility index (Phi) is 5.96. The molecule has 4 nitrogen and oxygen atoms in total. The SMILES string of the molecule is CCc1ccc(N2C(=O)C(Nc3ccccc3C)=C(Sc3ccc(C)cc3)C2=O)cc1. The van der Waals surface area contributed by atoms with Crippen LogP contribution in [0.2, 0.25) is 0 Å². The summed E-state index contributed by atoms with van der Waals surface area (Å²) in [5.41, 5.74) is 5.00. The maximum atomic E-state index is 13.4. The minimum absolute atomic E-state index is 0.309. The van der Waals surface area contributed by atoms with Gasteiger partial charge in [0.15, 0.2) is 0 Å². The van der Waals surface area contributed by atoms with Gasteiger partial charge in [-0.3, -0.25) is 9.59 Å². The Labute approximate surface area is 187 Å². The number of benzene rings is 3. The number of anilines is 2. The number of imide groups is 1. The lowest BCUT2D eigenvalue weighted by atomic mass is 10.1. The molecule has 1 N–H and O–H groups in total. The minimum atomic E-state index is -0.341. The third-order valence-corrected chi connectivity index (χ3v) is 6.38. The van der Waals surface area contributed by atoms with Crippen LogP contribution in [0.15, 0.2) is 88.3 Å². The van der Waals surface area contributed by atoms with Gasteiger partial charge in [0, 0.05) is 10.6 Å². The van der Waals surface area contributed by atoms with Crippen molar-refractivity contribution in [3.63, 3.8) is 0 Å². The second kappa shape index (κ2) is 8.82. The molecule has 1 aliphatic rings. The van der Waals surface area contributed by atoms with Crippen molar-refractivity contribution in [1.29, 1.82) is 0 Å².